The second kappa shape index (κ2) is 11.6. The molecule has 38 heavy (non-hydrogen) atoms. The van der Waals surface area contributed by atoms with Crippen molar-refractivity contribution in [3.8, 4) is 16.9 Å². The number of nitrogens with zero attached hydrogens (tertiary/aromatic N) is 6. The monoisotopic (exact) mass is 522 g/mol. The number of hydrogen-bond acceptors (Lipinski definition) is 8. The van der Waals surface area contributed by atoms with Gasteiger partial charge in [-0.3, -0.25) is 14.6 Å². The molecule has 2 aromatic heterocycles. The van der Waals surface area contributed by atoms with Crippen LogP contribution < -0.4 is 9.64 Å². The van der Waals surface area contributed by atoms with Crippen LogP contribution in [0.4, 0.5) is 5.69 Å². The van der Waals surface area contributed by atoms with Gasteiger partial charge in [-0.2, -0.15) is 0 Å². The summed E-state index contributed by atoms with van der Waals surface area (Å²) in [6.45, 7) is 6.63. The fourth-order valence-corrected chi connectivity index (χ4v) is 4.95. The summed E-state index contributed by atoms with van der Waals surface area (Å²) < 4.78 is 22.0. The van der Waals surface area contributed by atoms with Crippen LogP contribution in [0.2, 0.25) is 0 Å². The molecule has 0 N–H and O–H groups in total. The van der Waals surface area contributed by atoms with Crippen LogP contribution in [0.3, 0.4) is 0 Å². The normalized spacial score (nSPS) is 14.7. The molecule has 12 nitrogen and oxygen atoms in total. The number of azide groups is 1. The lowest BCUT2D eigenvalue weighted by Gasteiger charge is -2.35. The van der Waals surface area contributed by atoms with E-state index < -0.39 is 11.9 Å². The first-order valence-corrected chi connectivity index (χ1v) is 12.3. The predicted molar refractivity (Wildman–Crippen MR) is 139 cm³/mol. The van der Waals surface area contributed by atoms with Crippen molar-refractivity contribution >= 4 is 28.4 Å². The highest BCUT2D eigenvalue weighted by atomic mass is 16.5. The lowest BCUT2D eigenvalue weighted by atomic mass is 9.95. The molecule has 3 aromatic rings. The van der Waals surface area contributed by atoms with Crippen LogP contribution in [0, 0.1) is 19.8 Å². The Kier molecular flexibility index (Phi) is 8.26. The number of methoxy groups -OCH3 is 2. The van der Waals surface area contributed by atoms with Crippen LogP contribution in [0.5, 0.6) is 5.75 Å². The summed E-state index contributed by atoms with van der Waals surface area (Å²) in [6, 6.07) is 3.09. The molecule has 2 amide bonds. The molecule has 1 atom stereocenters. The number of ether oxygens (including phenoxy) is 3. The molecule has 0 bridgehead atoms. The summed E-state index contributed by atoms with van der Waals surface area (Å²) in [7, 11) is 3.08. The SMILES string of the molecule is COC[C@@H](C)N(C(=O)C1CCOCC1)c1c(C(=O)N=[N+]=[N-])cnc2cc(-c3c(C)noc3C)c(OC)cc12. The second-order valence-corrected chi connectivity index (χ2v) is 9.18. The minimum absolute atomic E-state index is 0.00537. The van der Waals surface area contributed by atoms with Gasteiger partial charge in [-0.25, -0.2) is 0 Å². The van der Waals surface area contributed by atoms with E-state index in [2.05, 4.69) is 20.2 Å². The summed E-state index contributed by atoms with van der Waals surface area (Å²) in [5, 5.41) is 7.84. The van der Waals surface area contributed by atoms with Gasteiger partial charge >= 0.3 is 0 Å². The van der Waals surface area contributed by atoms with Crippen molar-refractivity contribution in [2.24, 2.45) is 11.0 Å². The van der Waals surface area contributed by atoms with E-state index in [0.29, 0.717) is 59.7 Å². The number of amides is 2. The fourth-order valence-electron chi connectivity index (χ4n) is 4.95. The van der Waals surface area contributed by atoms with Crippen molar-refractivity contribution in [2.75, 3.05) is 38.9 Å². The summed E-state index contributed by atoms with van der Waals surface area (Å²) in [4.78, 5) is 35.8. The zero-order chi connectivity index (χ0) is 27.4. The first-order valence-electron chi connectivity index (χ1n) is 12.3. The number of carbonyl (C=O) groups is 2. The molecule has 1 aliphatic heterocycles. The van der Waals surface area contributed by atoms with Gasteiger partial charge in [0, 0.05) is 48.3 Å². The number of anilines is 1. The zero-order valence-corrected chi connectivity index (χ0v) is 22.1. The number of benzene rings is 1. The van der Waals surface area contributed by atoms with E-state index in [0.717, 1.165) is 5.56 Å². The van der Waals surface area contributed by atoms with Crippen molar-refractivity contribution in [2.45, 2.75) is 39.7 Å². The molecule has 1 aliphatic rings. The lowest BCUT2D eigenvalue weighted by Crippen LogP contribution is -2.46. The first kappa shape index (κ1) is 27.1. The van der Waals surface area contributed by atoms with Crippen molar-refractivity contribution < 1.29 is 28.3 Å². The molecule has 3 heterocycles. The van der Waals surface area contributed by atoms with Crippen LogP contribution in [0.25, 0.3) is 32.5 Å². The van der Waals surface area contributed by atoms with Gasteiger partial charge in [0.2, 0.25) is 5.91 Å². The van der Waals surface area contributed by atoms with E-state index in [1.54, 1.807) is 25.0 Å². The third-order valence-corrected chi connectivity index (χ3v) is 6.73. The van der Waals surface area contributed by atoms with Crippen LogP contribution in [0.15, 0.2) is 28.0 Å². The van der Waals surface area contributed by atoms with Crippen LogP contribution in [-0.2, 0) is 14.3 Å². The average molecular weight is 523 g/mol. The average Bonchev–Trinajstić information content (AvgIpc) is 3.26. The number of rotatable bonds is 8. The number of pyridine rings is 1. The molecule has 0 aliphatic carbocycles. The Hall–Kier alpha value is -3.99. The van der Waals surface area contributed by atoms with Gasteiger partial charge in [-0.15, -0.1) is 0 Å². The Labute approximate surface area is 219 Å². The summed E-state index contributed by atoms with van der Waals surface area (Å²) in [6.07, 6.45) is 2.44. The van der Waals surface area contributed by atoms with E-state index >= 15 is 0 Å². The van der Waals surface area contributed by atoms with Gasteiger partial charge in [-0.05, 0) is 56.4 Å². The molecule has 1 aromatic carbocycles. The van der Waals surface area contributed by atoms with Gasteiger partial charge in [0.25, 0.3) is 5.91 Å². The van der Waals surface area contributed by atoms with E-state index in [9.17, 15) is 9.59 Å². The van der Waals surface area contributed by atoms with E-state index in [4.69, 9.17) is 24.3 Å². The largest absolute Gasteiger partial charge is 0.496 e. The van der Waals surface area contributed by atoms with Gasteiger partial charge in [-0.1, -0.05) is 5.16 Å². The van der Waals surface area contributed by atoms with E-state index in [-0.39, 0.29) is 29.7 Å². The molecule has 0 radical (unpaired) electrons. The van der Waals surface area contributed by atoms with Crippen molar-refractivity contribution in [3.05, 3.63) is 45.8 Å². The lowest BCUT2D eigenvalue weighted by molar-refractivity contribution is -0.125. The Morgan fingerprint density at radius 2 is 2.00 bits per heavy atom. The molecule has 12 heteroatoms. The second-order valence-electron chi connectivity index (χ2n) is 9.18. The van der Waals surface area contributed by atoms with Gasteiger partial charge in [0.1, 0.15) is 11.5 Å². The maximum atomic E-state index is 14.0. The molecule has 0 unspecified atom stereocenters. The van der Waals surface area contributed by atoms with Gasteiger partial charge in [0.05, 0.1) is 47.8 Å². The molecule has 1 saturated heterocycles. The Morgan fingerprint density at radius 3 is 2.61 bits per heavy atom. The quantitative estimate of drug-likeness (QED) is 0.233. The highest BCUT2D eigenvalue weighted by Crippen LogP contribution is 2.41. The van der Waals surface area contributed by atoms with Crippen molar-refractivity contribution in [1.82, 2.24) is 10.1 Å². The Balaban J connectivity index is 2.03. The number of aryl methyl sites for hydroxylation is 2. The minimum atomic E-state index is -0.847. The van der Waals surface area contributed by atoms with Crippen molar-refractivity contribution in [3.63, 3.8) is 0 Å². The topological polar surface area (TPSA) is 153 Å². The predicted octanol–water partition coefficient (Wildman–Crippen LogP) is 4.76. The molecule has 1 fully saturated rings. The summed E-state index contributed by atoms with van der Waals surface area (Å²) in [5.41, 5.74) is 11.9. The smallest absolute Gasteiger partial charge is 0.252 e. The minimum Gasteiger partial charge on any atom is -0.496 e. The van der Waals surface area contributed by atoms with Crippen molar-refractivity contribution in [1.29, 1.82) is 0 Å². The maximum absolute atomic E-state index is 14.0. The number of fused-ring (bicyclic) bond motifs is 1. The molecule has 200 valence electrons. The zero-order valence-electron chi connectivity index (χ0n) is 22.1. The standard InChI is InChI=1S/C26H30N6O6/c1-14(13-35-4)32(26(34)17-6-8-37-9-7-17)24-18-11-22(36-5)19(23-15(2)30-38-16(23)3)10-21(18)28-12-20(24)25(33)29-31-27/h10-12,14,17H,6-9,13H2,1-5H3/t14-/m1/s1. The highest BCUT2D eigenvalue weighted by Gasteiger charge is 2.34. The Bertz CT molecular complexity index is 1390. The first-order chi connectivity index (χ1) is 18.3. The third kappa shape index (κ3) is 5.06. The third-order valence-electron chi connectivity index (χ3n) is 6.73. The number of aromatic nitrogens is 2. The number of carbonyl (C=O) groups excluding carboxylic acids is 2. The van der Waals surface area contributed by atoms with Crippen LogP contribution >= 0.6 is 0 Å². The highest BCUT2D eigenvalue weighted by molar-refractivity contribution is 6.14. The summed E-state index contributed by atoms with van der Waals surface area (Å²) in [5.74, 6) is -0.243. The molecule has 0 saturated carbocycles. The molecular weight excluding hydrogens is 492 g/mol. The van der Waals surface area contributed by atoms with E-state index in [1.165, 1.54) is 13.3 Å². The fraction of sp³-hybridized carbons (Fsp3) is 0.462. The Morgan fingerprint density at radius 1 is 1.26 bits per heavy atom. The van der Waals surface area contributed by atoms with Gasteiger partial charge < -0.3 is 23.6 Å². The number of hydrogen-bond donors (Lipinski definition) is 0. The molecular formula is C26H30N6O6. The van der Waals surface area contributed by atoms with Crippen LogP contribution in [-0.4, -0.2) is 62.0 Å². The molecule has 0 spiro atoms. The van der Waals surface area contributed by atoms with Gasteiger partial charge in [0.15, 0.2) is 0 Å². The van der Waals surface area contributed by atoms with Crippen LogP contribution in [0.1, 0.15) is 41.6 Å². The maximum Gasteiger partial charge on any atom is 0.252 e. The van der Waals surface area contributed by atoms with E-state index in [1.807, 2.05) is 19.9 Å². The molecule has 4 rings (SSSR count). The summed E-state index contributed by atoms with van der Waals surface area (Å²) >= 11 is 0.